The van der Waals surface area contributed by atoms with Gasteiger partial charge < -0.3 is 10.3 Å². The van der Waals surface area contributed by atoms with E-state index in [1.807, 2.05) is 6.92 Å². The normalized spacial score (nSPS) is 14.9. The summed E-state index contributed by atoms with van der Waals surface area (Å²) < 4.78 is 11.1. The fourth-order valence-electron chi connectivity index (χ4n) is 1.50. The van der Waals surface area contributed by atoms with Crippen LogP contribution in [0.15, 0.2) is 12.7 Å². The molecular formula is C9H13N5OS. The molecule has 0 aliphatic rings. The number of aromatic amines is 1. The van der Waals surface area contributed by atoms with Crippen LogP contribution in [0.25, 0.3) is 11.2 Å². The molecule has 16 heavy (non-hydrogen) atoms. The number of H-pyrrole nitrogens is 1. The zero-order valence-electron chi connectivity index (χ0n) is 9.10. The van der Waals surface area contributed by atoms with Crippen molar-refractivity contribution in [3.63, 3.8) is 0 Å². The molecule has 2 unspecified atom stereocenters. The molecule has 7 heteroatoms. The molecule has 2 atom stereocenters. The first-order chi connectivity index (χ1) is 7.66. The van der Waals surface area contributed by atoms with Gasteiger partial charge in [0.1, 0.15) is 11.8 Å². The van der Waals surface area contributed by atoms with E-state index in [2.05, 4.69) is 25.3 Å². The van der Waals surface area contributed by atoms with Crippen molar-refractivity contribution in [2.24, 2.45) is 0 Å². The molecule has 0 spiro atoms. The lowest BCUT2D eigenvalue weighted by atomic mass is 10.4. The number of fused-ring (bicyclic) bond motifs is 1. The second-order valence-corrected chi connectivity index (χ2v) is 5.09. The fourth-order valence-corrected chi connectivity index (χ4v) is 2.29. The van der Waals surface area contributed by atoms with E-state index >= 15 is 0 Å². The highest BCUT2D eigenvalue weighted by atomic mass is 32.2. The van der Waals surface area contributed by atoms with Gasteiger partial charge in [0.15, 0.2) is 11.5 Å². The Morgan fingerprint density at radius 3 is 3.06 bits per heavy atom. The van der Waals surface area contributed by atoms with Crippen LogP contribution in [0, 0.1) is 0 Å². The van der Waals surface area contributed by atoms with Gasteiger partial charge in [0.2, 0.25) is 0 Å². The molecule has 0 fully saturated rings. The Bertz CT molecular complexity index is 511. The van der Waals surface area contributed by atoms with Crippen molar-refractivity contribution in [3.05, 3.63) is 12.7 Å². The standard InChI is InChI=1S/C9H13N5OS/c1-6(3-16(2)15)14-9-7-8(11-4-10-7)12-5-13-9/h4-6H,3H2,1-2H3,(H2,10,11,12,13,14). The molecule has 86 valence electrons. The van der Waals surface area contributed by atoms with Crippen LogP contribution in [-0.4, -0.2) is 42.2 Å². The van der Waals surface area contributed by atoms with Gasteiger partial charge >= 0.3 is 0 Å². The van der Waals surface area contributed by atoms with E-state index in [1.165, 1.54) is 6.33 Å². The molecule has 0 radical (unpaired) electrons. The third kappa shape index (κ3) is 2.35. The Hall–Kier alpha value is -1.50. The number of nitrogens with zero attached hydrogens (tertiary/aromatic N) is 3. The molecule has 2 N–H and O–H groups in total. The van der Waals surface area contributed by atoms with Crippen molar-refractivity contribution < 1.29 is 4.21 Å². The molecule has 0 aliphatic heterocycles. The average Bonchev–Trinajstić information content (AvgIpc) is 2.65. The SMILES string of the molecule is CC(CS(C)=O)Nc1ncnc2nc[nH]c12. The lowest BCUT2D eigenvalue weighted by Crippen LogP contribution is -2.23. The average molecular weight is 239 g/mol. The van der Waals surface area contributed by atoms with Gasteiger partial charge in [-0.05, 0) is 6.92 Å². The minimum atomic E-state index is -0.825. The van der Waals surface area contributed by atoms with Crippen molar-refractivity contribution in [3.8, 4) is 0 Å². The molecule has 0 saturated carbocycles. The number of aromatic nitrogens is 4. The van der Waals surface area contributed by atoms with Crippen molar-refractivity contribution in [2.45, 2.75) is 13.0 Å². The van der Waals surface area contributed by atoms with Crippen LogP contribution < -0.4 is 5.32 Å². The maximum Gasteiger partial charge on any atom is 0.182 e. The van der Waals surface area contributed by atoms with Gasteiger partial charge in [-0.3, -0.25) is 4.21 Å². The highest BCUT2D eigenvalue weighted by Gasteiger charge is 2.09. The Morgan fingerprint density at radius 2 is 2.31 bits per heavy atom. The number of hydrogen-bond acceptors (Lipinski definition) is 5. The summed E-state index contributed by atoms with van der Waals surface area (Å²) in [6, 6.07) is 0.0900. The molecule has 2 heterocycles. The molecule has 2 aromatic rings. The van der Waals surface area contributed by atoms with Crippen LogP contribution in [0.3, 0.4) is 0 Å². The van der Waals surface area contributed by atoms with Crippen LogP contribution in [0.5, 0.6) is 0 Å². The topological polar surface area (TPSA) is 83.6 Å². The van der Waals surface area contributed by atoms with E-state index in [1.54, 1.807) is 12.6 Å². The number of nitrogens with one attached hydrogen (secondary N) is 2. The molecule has 0 aliphatic carbocycles. The van der Waals surface area contributed by atoms with Gasteiger partial charge in [-0.2, -0.15) is 0 Å². The Kier molecular flexibility index (Phi) is 3.14. The summed E-state index contributed by atoms with van der Waals surface area (Å²) in [5.41, 5.74) is 1.40. The van der Waals surface area contributed by atoms with Crippen molar-refractivity contribution in [2.75, 3.05) is 17.3 Å². The third-order valence-corrected chi connectivity index (χ3v) is 3.06. The second-order valence-electron chi connectivity index (χ2n) is 3.61. The lowest BCUT2D eigenvalue weighted by molar-refractivity contribution is 0.683. The summed E-state index contributed by atoms with van der Waals surface area (Å²) >= 11 is 0. The van der Waals surface area contributed by atoms with Crippen molar-refractivity contribution in [1.82, 2.24) is 19.9 Å². The van der Waals surface area contributed by atoms with E-state index in [9.17, 15) is 4.21 Å². The van der Waals surface area contributed by atoms with Gasteiger partial charge in [-0.1, -0.05) is 0 Å². The Balaban J connectivity index is 2.20. The summed E-state index contributed by atoms with van der Waals surface area (Å²) in [5.74, 6) is 1.28. The first kappa shape index (κ1) is 11.0. The summed E-state index contributed by atoms with van der Waals surface area (Å²) in [4.78, 5) is 15.2. The molecule has 0 amide bonds. The summed E-state index contributed by atoms with van der Waals surface area (Å²) in [7, 11) is -0.825. The first-order valence-corrected chi connectivity index (χ1v) is 6.60. The Morgan fingerprint density at radius 1 is 1.50 bits per heavy atom. The van der Waals surface area contributed by atoms with Gasteiger partial charge in [-0.15, -0.1) is 0 Å². The van der Waals surface area contributed by atoms with E-state index in [0.717, 1.165) is 5.52 Å². The van der Waals surface area contributed by atoms with Crippen LogP contribution in [0.2, 0.25) is 0 Å². The fraction of sp³-hybridized carbons (Fsp3) is 0.444. The second kappa shape index (κ2) is 4.56. The lowest BCUT2D eigenvalue weighted by Gasteiger charge is -2.12. The number of rotatable bonds is 4. The molecule has 0 bridgehead atoms. The zero-order chi connectivity index (χ0) is 11.5. The number of imidazole rings is 1. The van der Waals surface area contributed by atoms with Crippen LogP contribution in [0.1, 0.15) is 6.92 Å². The molecular weight excluding hydrogens is 226 g/mol. The number of hydrogen-bond donors (Lipinski definition) is 2. The highest BCUT2D eigenvalue weighted by molar-refractivity contribution is 7.84. The van der Waals surface area contributed by atoms with E-state index < -0.39 is 10.8 Å². The predicted molar refractivity (Wildman–Crippen MR) is 63.7 cm³/mol. The minimum Gasteiger partial charge on any atom is -0.365 e. The maximum atomic E-state index is 11.1. The van der Waals surface area contributed by atoms with Crippen LogP contribution in [-0.2, 0) is 10.8 Å². The minimum absolute atomic E-state index is 0.0900. The van der Waals surface area contributed by atoms with E-state index in [0.29, 0.717) is 17.2 Å². The zero-order valence-corrected chi connectivity index (χ0v) is 9.91. The molecule has 0 saturated heterocycles. The first-order valence-electron chi connectivity index (χ1n) is 4.87. The highest BCUT2D eigenvalue weighted by Crippen LogP contribution is 2.15. The molecule has 6 nitrogen and oxygen atoms in total. The predicted octanol–water partition coefficient (Wildman–Crippen LogP) is 0.532. The smallest absolute Gasteiger partial charge is 0.182 e. The quantitative estimate of drug-likeness (QED) is 0.813. The van der Waals surface area contributed by atoms with Gasteiger partial charge in [-0.25, -0.2) is 15.0 Å². The largest absolute Gasteiger partial charge is 0.365 e. The number of anilines is 1. The van der Waals surface area contributed by atoms with Crippen LogP contribution in [0.4, 0.5) is 5.82 Å². The van der Waals surface area contributed by atoms with Gasteiger partial charge in [0.25, 0.3) is 0 Å². The summed E-state index contributed by atoms with van der Waals surface area (Å²) in [6.07, 6.45) is 4.72. The van der Waals surface area contributed by atoms with E-state index in [4.69, 9.17) is 0 Å². The molecule has 0 aromatic carbocycles. The third-order valence-electron chi connectivity index (χ3n) is 2.09. The van der Waals surface area contributed by atoms with Crippen LogP contribution >= 0.6 is 0 Å². The maximum absolute atomic E-state index is 11.1. The summed E-state index contributed by atoms with van der Waals surface area (Å²) in [5, 5.41) is 3.19. The monoisotopic (exact) mass is 239 g/mol. The van der Waals surface area contributed by atoms with Crippen molar-refractivity contribution >= 4 is 27.8 Å². The Labute approximate surface area is 95.4 Å². The summed E-state index contributed by atoms with van der Waals surface area (Å²) in [6.45, 7) is 1.96. The van der Waals surface area contributed by atoms with Gasteiger partial charge in [0.05, 0.1) is 6.33 Å². The molecule has 2 aromatic heterocycles. The van der Waals surface area contributed by atoms with Crippen molar-refractivity contribution in [1.29, 1.82) is 0 Å². The van der Waals surface area contributed by atoms with Gasteiger partial charge in [0, 0.05) is 28.9 Å². The van der Waals surface area contributed by atoms with E-state index in [-0.39, 0.29) is 6.04 Å². The molecule has 2 rings (SSSR count).